The first-order valence-electron chi connectivity index (χ1n) is 9.68. The minimum Gasteiger partial charge on any atom is -0.497 e. The molecule has 5 rings (SSSR count). The van der Waals surface area contributed by atoms with Crippen molar-refractivity contribution in [2.24, 2.45) is 0 Å². The van der Waals surface area contributed by atoms with Crippen molar-refractivity contribution in [3.05, 3.63) is 57.1 Å². The second kappa shape index (κ2) is 7.76. The number of benzene rings is 2. The third-order valence-corrected chi connectivity index (χ3v) is 5.10. The molecule has 0 unspecified atom stereocenters. The highest BCUT2D eigenvalue weighted by atomic mass is 16.7. The summed E-state index contributed by atoms with van der Waals surface area (Å²) in [6.07, 6.45) is 0.188. The Morgan fingerprint density at radius 1 is 1.03 bits per heavy atom. The number of hydrogen-bond donors (Lipinski definition) is 1. The van der Waals surface area contributed by atoms with Gasteiger partial charge in [0.25, 0.3) is 5.56 Å². The Morgan fingerprint density at radius 2 is 1.75 bits per heavy atom. The van der Waals surface area contributed by atoms with Crippen LogP contribution in [0.2, 0.25) is 0 Å². The van der Waals surface area contributed by atoms with E-state index in [2.05, 4.69) is 15.1 Å². The summed E-state index contributed by atoms with van der Waals surface area (Å²) in [6.45, 7) is 0.129. The zero-order valence-corrected chi connectivity index (χ0v) is 17.2. The first-order chi connectivity index (χ1) is 15.6. The van der Waals surface area contributed by atoms with Gasteiger partial charge in [0.2, 0.25) is 18.5 Å². The maximum Gasteiger partial charge on any atom is 0.328 e. The van der Waals surface area contributed by atoms with E-state index in [9.17, 15) is 9.59 Å². The van der Waals surface area contributed by atoms with Crippen molar-refractivity contribution in [1.82, 2.24) is 19.7 Å². The number of nitrogens with one attached hydrogen (secondary N) is 1. The van der Waals surface area contributed by atoms with E-state index in [0.717, 1.165) is 4.57 Å². The van der Waals surface area contributed by atoms with Gasteiger partial charge in [0.15, 0.2) is 11.5 Å². The fourth-order valence-corrected chi connectivity index (χ4v) is 3.46. The molecular weight excluding hydrogens is 420 g/mol. The van der Waals surface area contributed by atoms with Crippen LogP contribution < -0.4 is 30.2 Å². The molecule has 1 N–H and O–H groups in total. The largest absolute Gasteiger partial charge is 0.497 e. The van der Waals surface area contributed by atoms with Gasteiger partial charge in [0.05, 0.1) is 25.1 Å². The number of hydrogen-bond acceptors (Lipinski definition) is 9. The number of aryl methyl sites for hydroxylation is 1. The Morgan fingerprint density at radius 3 is 2.47 bits per heavy atom. The van der Waals surface area contributed by atoms with E-state index in [1.165, 1.54) is 0 Å². The SMILES string of the molecule is COc1cc(OC)cc(-c2noc(CCn3c(=O)[nH]c4cc5c(cc4c3=O)OCO5)n2)c1. The molecule has 3 heterocycles. The molecule has 11 heteroatoms. The third-order valence-electron chi connectivity index (χ3n) is 5.10. The summed E-state index contributed by atoms with van der Waals surface area (Å²) in [7, 11) is 3.10. The summed E-state index contributed by atoms with van der Waals surface area (Å²) in [5.41, 5.74) is 0.0403. The molecule has 0 amide bonds. The number of aromatic nitrogens is 4. The molecule has 0 bridgehead atoms. The molecule has 164 valence electrons. The van der Waals surface area contributed by atoms with Crippen LogP contribution >= 0.6 is 0 Å². The summed E-state index contributed by atoms with van der Waals surface area (Å²) in [6, 6.07) is 8.38. The monoisotopic (exact) mass is 438 g/mol. The normalized spacial score (nSPS) is 12.3. The first-order valence-corrected chi connectivity index (χ1v) is 9.68. The fourth-order valence-electron chi connectivity index (χ4n) is 3.46. The second-order valence-corrected chi connectivity index (χ2v) is 7.00. The van der Waals surface area contributed by atoms with E-state index in [0.29, 0.717) is 45.3 Å². The molecule has 11 nitrogen and oxygen atoms in total. The van der Waals surface area contributed by atoms with Crippen molar-refractivity contribution in [2.45, 2.75) is 13.0 Å². The van der Waals surface area contributed by atoms with Gasteiger partial charge >= 0.3 is 5.69 Å². The molecule has 0 fully saturated rings. The Bertz CT molecular complexity index is 1410. The number of aromatic amines is 1. The zero-order valence-electron chi connectivity index (χ0n) is 17.2. The number of ether oxygens (including phenoxy) is 4. The molecule has 4 aromatic rings. The first kappa shape index (κ1) is 19.7. The van der Waals surface area contributed by atoms with Crippen LogP contribution in [-0.2, 0) is 13.0 Å². The number of fused-ring (bicyclic) bond motifs is 2. The molecule has 0 saturated heterocycles. The molecule has 0 saturated carbocycles. The minimum atomic E-state index is -0.543. The van der Waals surface area contributed by atoms with Crippen molar-refractivity contribution in [1.29, 1.82) is 0 Å². The van der Waals surface area contributed by atoms with Gasteiger partial charge in [-0.3, -0.25) is 9.36 Å². The molecule has 0 spiro atoms. The molecule has 0 radical (unpaired) electrons. The van der Waals surface area contributed by atoms with E-state index in [4.69, 9.17) is 23.5 Å². The van der Waals surface area contributed by atoms with Crippen LogP contribution in [-0.4, -0.2) is 40.7 Å². The van der Waals surface area contributed by atoms with Crippen molar-refractivity contribution < 1.29 is 23.5 Å². The van der Waals surface area contributed by atoms with E-state index >= 15 is 0 Å². The molecule has 0 atom stereocenters. The maximum atomic E-state index is 12.9. The number of nitrogens with zero attached hydrogens (tertiary/aromatic N) is 3. The van der Waals surface area contributed by atoms with Crippen LogP contribution in [0.1, 0.15) is 5.89 Å². The van der Waals surface area contributed by atoms with Gasteiger partial charge in [-0.1, -0.05) is 5.16 Å². The van der Waals surface area contributed by atoms with E-state index in [1.54, 1.807) is 44.6 Å². The van der Waals surface area contributed by atoms with Gasteiger partial charge in [-0.2, -0.15) is 4.98 Å². The lowest BCUT2D eigenvalue weighted by Gasteiger charge is -2.06. The summed E-state index contributed by atoms with van der Waals surface area (Å²) in [4.78, 5) is 32.4. The number of H-pyrrole nitrogens is 1. The van der Waals surface area contributed by atoms with Crippen LogP contribution in [0.3, 0.4) is 0 Å². The molecule has 2 aromatic carbocycles. The quantitative estimate of drug-likeness (QED) is 0.478. The van der Waals surface area contributed by atoms with E-state index < -0.39 is 11.2 Å². The predicted molar refractivity (Wildman–Crippen MR) is 111 cm³/mol. The molecule has 0 aliphatic carbocycles. The summed E-state index contributed by atoms with van der Waals surface area (Å²) >= 11 is 0. The van der Waals surface area contributed by atoms with Crippen molar-refractivity contribution in [3.63, 3.8) is 0 Å². The maximum absolute atomic E-state index is 12.9. The van der Waals surface area contributed by atoms with Crippen molar-refractivity contribution in [2.75, 3.05) is 21.0 Å². The van der Waals surface area contributed by atoms with Gasteiger partial charge < -0.3 is 28.5 Å². The van der Waals surface area contributed by atoms with Crippen molar-refractivity contribution in [3.8, 4) is 34.4 Å². The lowest BCUT2D eigenvalue weighted by molar-refractivity contribution is 0.174. The predicted octanol–water partition coefficient (Wildman–Crippen LogP) is 1.73. The number of methoxy groups -OCH3 is 2. The molecule has 1 aliphatic rings. The average Bonchev–Trinajstić information content (AvgIpc) is 3.46. The second-order valence-electron chi connectivity index (χ2n) is 7.00. The van der Waals surface area contributed by atoms with E-state index in [1.807, 2.05) is 0 Å². The highest BCUT2D eigenvalue weighted by Gasteiger charge is 2.18. The van der Waals surface area contributed by atoms with Crippen LogP contribution in [0, 0.1) is 0 Å². The van der Waals surface area contributed by atoms with Crippen molar-refractivity contribution >= 4 is 10.9 Å². The smallest absolute Gasteiger partial charge is 0.328 e. The van der Waals surface area contributed by atoms with E-state index in [-0.39, 0.29) is 25.6 Å². The van der Waals surface area contributed by atoms with Gasteiger partial charge in [-0.15, -0.1) is 0 Å². The zero-order chi connectivity index (χ0) is 22.2. The Kier molecular flexibility index (Phi) is 4.77. The Labute approximate surface area is 180 Å². The van der Waals surface area contributed by atoms with Crippen LogP contribution in [0.5, 0.6) is 23.0 Å². The fraction of sp³-hybridized carbons (Fsp3) is 0.238. The standard InChI is InChI=1S/C21H18N4O7/c1-28-12-5-11(6-13(7-12)29-2)19-23-18(32-24-19)3-4-25-20(26)14-8-16-17(31-10-30-16)9-15(14)22-21(25)27/h5-9H,3-4,10H2,1-2H3,(H,22,27). The Balaban J connectivity index is 1.41. The summed E-state index contributed by atoms with van der Waals surface area (Å²) in [5, 5.41) is 4.31. The molecule has 32 heavy (non-hydrogen) atoms. The molecule has 1 aliphatic heterocycles. The topological polar surface area (TPSA) is 131 Å². The third kappa shape index (κ3) is 3.43. The molecular formula is C21H18N4O7. The minimum absolute atomic E-state index is 0.0572. The average molecular weight is 438 g/mol. The lowest BCUT2D eigenvalue weighted by Crippen LogP contribution is -2.35. The number of rotatable bonds is 6. The van der Waals surface area contributed by atoms with Gasteiger partial charge in [0.1, 0.15) is 11.5 Å². The van der Waals surface area contributed by atoms with Crippen LogP contribution in [0.15, 0.2) is 44.4 Å². The lowest BCUT2D eigenvalue weighted by atomic mass is 10.2. The molecule has 2 aromatic heterocycles. The summed E-state index contributed by atoms with van der Waals surface area (Å²) < 4.78 is 27.5. The van der Waals surface area contributed by atoms with Crippen LogP contribution in [0.4, 0.5) is 0 Å². The Hall–Kier alpha value is -4.28. The summed E-state index contributed by atoms with van der Waals surface area (Å²) in [5.74, 6) is 2.73. The van der Waals surface area contributed by atoms with Crippen LogP contribution in [0.25, 0.3) is 22.3 Å². The van der Waals surface area contributed by atoms with Gasteiger partial charge in [-0.25, -0.2) is 4.79 Å². The van der Waals surface area contributed by atoms with Gasteiger partial charge in [0, 0.05) is 30.7 Å². The highest BCUT2D eigenvalue weighted by molar-refractivity contribution is 5.81. The van der Waals surface area contributed by atoms with Gasteiger partial charge in [-0.05, 0) is 18.2 Å². The highest BCUT2D eigenvalue weighted by Crippen LogP contribution is 2.34.